The normalized spacial score (nSPS) is 9.92. The van der Waals surface area contributed by atoms with Crippen molar-refractivity contribution in [1.29, 1.82) is 0 Å². The van der Waals surface area contributed by atoms with E-state index in [-0.39, 0.29) is 5.56 Å². The fraction of sp³-hybridized carbons (Fsp3) is 0.125. The van der Waals surface area contributed by atoms with E-state index in [2.05, 4.69) is 0 Å². The highest BCUT2D eigenvalue weighted by Gasteiger charge is 2.11. The van der Waals surface area contributed by atoms with E-state index < -0.39 is 23.2 Å². The van der Waals surface area contributed by atoms with Crippen LogP contribution in [0.3, 0.4) is 0 Å². The second-order valence-corrected chi connectivity index (χ2v) is 2.34. The van der Waals surface area contributed by atoms with E-state index in [0.29, 0.717) is 0 Å². The fourth-order valence-electron chi connectivity index (χ4n) is 0.844. The summed E-state index contributed by atoms with van der Waals surface area (Å²) in [6.07, 6.45) is 0. The second kappa shape index (κ2) is 2.89. The molecular weight excluding hydrogens is 166 g/mol. The third-order valence-corrected chi connectivity index (χ3v) is 1.49. The monoisotopic (exact) mass is 171 g/mol. The van der Waals surface area contributed by atoms with E-state index in [9.17, 15) is 18.7 Å². The predicted molar refractivity (Wildman–Crippen MR) is 35.4 cm³/mol. The van der Waals surface area contributed by atoms with Crippen molar-refractivity contribution in [3.8, 4) is 0 Å². The number of aryl methyl sites for hydroxylation is 1. The molecule has 0 bridgehead atoms. The minimum absolute atomic E-state index is 0.0793. The molecule has 0 spiro atoms. The SMILES string of the molecule is Cc1ccc(F)c(C(=O)[O-])c1F. The molecule has 1 rings (SSSR count). The number of hydrogen-bond acceptors (Lipinski definition) is 2. The zero-order valence-electron chi connectivity index (χ0n) is 6.23. The average Bonchev–Trinajstić information content (AvgIpc) is 1.97. The van der Waals surface area contributed by atoms with Gasteiger partial charge in [0.2, 0.25) is 0 Å². The molecule has 0 saturated heterocycles. The van der Waals surface area contributed by atoms with Crippen molar-refractivity contribution in [1.82, 2.24) is 0 Å². The molecule has 0 unspecified atom stereocenters. The molecule has 0 fully saturated rings. The minimum atomic E-state index is -1.84. The predicted octanol–water partition coefficient (Wildman–Crippen LogP) is 0.637. The van der Waals surface area contributed by atoms with Crippen molar-refractivity contribution in [3.63, 3.8) is 0 Å². The number of carbonyl (C=O) groups is 1. The molecule has 0 heterocycles. The number of rotatable bonds is 1. The van der Waals surface area contributed by atoms with Gasteiger partial charge in [0.15, 0.2) is 0 Å². The van der Waals surface area contributed by atoms with Crippen LogP contribution in [0.15, 0.2) is 12.1 Å². The van der Waals surface area contributed by atoms with Crippen molar-refractivity contribution in [3.05, 3.63) is 34.9 Å². The average molecular weight is 171 g/mol. The molecule has 0 N–H and O–H groups in total. The lowest BCUT2D eigenvalue weighted by Crippen LogP contribution is -2.25. The Hall–Kier alpha value is -1.45. The number of carbonyl (C=O) groups excluding carboxylic acids is 1. The third-order valence-electron chi connectivity index (χ3n) is 1.49. The van der Waals surface area contributed by atoms with Crippen LogP contribution in [-0.2, 0) is 0 Å². The lowest BCUT2D eigenvalue weighted by atomic mass is 10.1. The van der Waals surface area contributed by atoms with Gasteiger partial charge in [-0.2, -0.15) is 0 Å². The summed E-state index contributed by atoms with van der Waals surface area (Å²) in [5, 5.41) is 10.2. The fourth-order valence-corrected chi connectivity index (χ4v) is 0.844. The summed E-state index contributed by atoms with van der Waals surface area (Å²) >= 11 is 0. The molecule has 12 heavy (non-hydrogen) atoms. The Balaban J connectivity index is 3.43. The Bertz CT molecular complexity index is 334. The Kier molecular flexibility index (Phi) is 2.08. The van der Waals surface area contributed by atoms with E-state index >= 15 is 0 Å². The van der Waals surface area contributed by atoms with Gasteiger partial charge in [-0.25, -0.2) is 8.78 Å². The molecule has 64 valence electrons. The summed E-state index contributed by atoms with van der Waals surface area (Å²) < 4.78 is 25.5. The summed E-state index contributed by atoms with van der Waals surface area (Å²) in [7, 11) is 0. The van der Waals surface area contributed by atoms with E-state index in [1.165, 1.54) is 6.92 Å². The topological polar surface area (TPSA) is 40.1 Å². The van der Waals surface area contributed by atoms with E-state index in [4.69, 9.17) is 0 Å². The second-order valence-electron chi connectivity index (χ2n) is 2.34. The van der Waals surface area contributed by atoms with Crippen LogP contribution >= 0.6 is 0 Å². The quantitative estimate of drug-likeness (QED) is 0.622. The highest BCUT2D eigenvalue weighted by molar-refractivity contribution is 5.86. The maximum atomic E-state index is 12.9. The van der Waals surface area contributed by atoms with Crippen LogP contribution in [0.25, 0.3) is 0 Å². The van der Waals surface area contributed by atoms with Crippen LogP contribution in [0, 0.1) is 18.6 Å². The standard InChI is InChI=1S/C8H6F2O2/c1-4-2-3-5(9)6(7(4)10)8(11)12/h2-3H,1H3,(H,11,12)/p-1. The molecule has 0 aromatic heterocycles. The van der Waals surface area contributed by atoms with Gasteiger partial charge in [-0.3, -0.25) is 0 Å². The maximum absolute atomic E-state index is 12.9. The highest BCUT2D eigenvalue weighted by Crippen LogP contribution is 2.14. The minimum Gasteiger partial charge on any atom is -0.545 e. The molecule has 1 aromatic rings. The van der Waals surface area contributed by atoms with Gasteiger partial charge in [0.05, 0.1) is 11.5 Å². The van der Waals surface area contributed by atoms with Crippen LogP contribution in [0.2, 0.25) is 0 Å². The summed E-state index contributed by atoms with van der Waals surface area (Å²) in [5.41, 5.74) is -0.925. The van der Waals surface area contributed by atoms with E-state index in [1.807, 2.05) is 0 Å². The number of benzene rings is 1. The van der Waals surface area contributed by atoms with Crippen LogP contribution in [0.5, 0.6) is 0 Å². The molecule has 0 aliphatic rings. The molecular formula is C8H5F2O2-. The van der Waals surface area contributed by atoms with Gasteiger partial charge in [0.25, 0.3) is 0 Å². The number of carboxylic acid groups (broad SMARTS) is 1. The number of carboxylic acids is 1. The van der Waals surface area contributed by atoms with Crippen LogP contribution in [0.4, 0.5) is 8.78 Å². The highest BCUT2D eigenvalue weighted by atomic mass is 19.1. The van der Waals surface area contributed by atoms with Gasteiger partial charge in [0.1, 0.15) is 11.6 Å². The molecule has 4 heteroatoms. The molecule has 0 atom stereocenters. The van der Waals surface area contributed by atoms with Crippen molar-refractivity contribution in [2.75, 3.05) is 0 Å². The summed E-state index contributed by atoms with van der Waals surface area (Å²) in [5.74, 6) is -4.03. The van der Waals surface area contributed by atoms with Crippen molar-refractivity contribution in [2.45, 2.75) is 6.92 Å². The molecule has 0 aliphatic heterocycles. The molecule has 0 radical (unpaired) electrons. The maximum Gasteiger partial charge on any atom is 0.138 e. The third kappa shape index (κ3) is 1.28. The van der Waals surface area contributed by atoms with Gasteiger partial charge in [-0.05, 0) is 18.6 Å². The van der Waals surface area contributed by atoms with Gasteiger partial charge >= 0.3 is 0 Å². The van der Waals surface area contributed by atoms with Gasteiger partial charge in [0, 0.05) is 0 Å². The number of aromatic carboxylic acids is 1. The zero-order chi connectivity index (χ0) is 9.30. The first-order valence-electron chi connectivity index (χ1n) is 3.20. The van der Waals surface area contributed by atoms with Crippen LogP contribution < -0.4 is 5.11 Å². The molecule has 0 amide bonds. The lowest BCUT2D eigenvalue weighted by Gasteiger charge is -2.06. The smallest absolute Gasteiger partial charge is 0.138 e. The van der Waals surface area contributed by atoms with Gasteiger partial charge in [-0.15, -0.1) is 0 Å². The molecule has 0 saturated carbocycles. The Morgan fingerprint density at radius 3 is 2.42 bits per heavy atom. The largest absolute Gasteiger partial charge is 0.545 e. The number of halogens is 2. The Morgan fingerprint density at radius 2 is 2.00 bits per heavy atom. The van der Waals surface area contributed by atoms with E-state index in [0.717, 1.165) is 12.1 Å². The molecule has 2 nitrogen and oxygen atoms in total. The lowest BCUT2D eigenvalue weighted by molar-refractivity contribution is -0.255. The Morgan fingerprint density at radius 1 is 1.42 bits per heavy atom. The first kappa shape index (κ1) is 8.64. The first-order valence-corrected chi connectivity index (χ1v) is 3.20. The number of hydrogen-bond donors (Lipinski definition) is 0. The van der Waals surface area contributed by atoms with E-state index in [1.54, 1.807) is 0 Å². The molecule has 0 aliphatic carbocycles. The van der Waals surface area contributed by atoms with Gasteiger partial charge < -0.3 is 9.90 Å². The first-order chi connectivity index (χ1) is 5.54. The van der Waals surface area contributed by atoms with Crippen molar-refractivity contribution in [2.24, 2.45) is 0 Å². The van der Waals surface area contributed by atoms with Crippen molar-refractivity contribution >= 4 is 5.97 Å². The Labute approximate surface area is 67.4 Å². The summed E-state index contributed by atoms with van der Waals surface area (Å²) in [4.78, 5) is 10.2. The summed E-state index contributed by atoms with van der Waals surface area (Å²) in [6, 6.07) is 2.06. The van der Waals surface area contributed by atoms with Crippen LogP contribution in [0.1, 0.15) is 15.9 Å². The van der Waals surface area contributed by atoms with Crippen molar-refractivity contribution < 1.29 is 18.7 Å². The summed E-state index contributed by atoms with van der Waals surface area (Å²) in [6.45, 7) is 1.35. The van der Waals surface area contributed by atoms with Gasteiger partial charge in [-0.1, -0.05) is 6.07 Å². The molecule has 1 aromatic carbocycles. The zero-order valence-corrected chi connectivity index (χ0v) is 6.23. The van der Waals surface area contributed by atoms with Crippen LogP contribution in [-0.4, -0.2) is 5.97 Å².